The van der Waals surface area contributed by atoms with Gasteiger partial charge in [0.1, 0.15) is 0 Å². The molecule has 0 spiro atoms. The summed E-state index contributed by atoms with van der Waals surface area (Å²) in [4.78, 5) is 56.5. The van der Waals surface area contributed by atoms with E-state index in [9.17, 15) is 19.2 Å². The van der Waals surface area contributed by atoms with Crippen molar-refractivity contribution in [2.45, 2.75) is 19.9 Å². The third kappa shape index (κ3) is 4.01. The lowest BCUT2D eigenvalue weighted by molar-refractivity contribution is 0.0719. The fourth-order valence-electron chi connectivity index (χ4n) is 3.94. The van der Waals surface area contributed by atoms with Crippen molar-refractivity contribution < 1.29 is 9.59 Å². The molecule has 2 heterocycles. The SMILES string of the molecule is CCn1c(=O)[nH]c2cc(C(=O)N3CCCN(C(=O)c4ccccc4)CC3)ccc2c1=O. The van der Waals surface area contributed by atoms with Crippen molar-refractivity contribution in [1.82, 2.24) is 19.4 Å². The van der Waals surface area contributed by atoms with E-state index in [0.29, 0.717) is 54.6 Å². The number of carbonyl (C=O) groups is 2. The number of carbonyl (C=O) groups excluding carboxylic acids is 2. The fourth-order valence-corrected chi connectivity index (χ4v) is 3.94. The first-order chi connectivity index (χ1) is 15.0. The second-order valence-electron chi connectivity index (χ2n) is 7.54. The number of hydrogen-bond donors (Lipinski definition) is 1. The number of fused-ring (bicyclic) bond motifs is 1. The number of hydrogen-bond acceptors (Lipinski definition) is 4. The van der Waals surface area contributed by atoms with E-state index in [1.165, 1.54) is 0 Å². The molecule has 1 aromatic heterocycles. The zero-order valence-electron chi connectivity index (χ0n) is 17.3. The molecule has 1 aliphatic rings. The minimum atomic E-state index is -0.491. The Labute approximate surface area is 178 Å². The van der Waals surface area contributed by atoms with Crippen LogP contribution in [0.1, 0.15) is 34.1 Å². The summed E-state index contributed by atoms with van der Waals surface area (Å²) < 4.78 is 1.12. The Bertz CT molecular complexity index is 1250. The van der Waals surface area contributed by atoms with Crippen LogP contribution in [0.3, 0.4) is 0 Å². The van der Waals surface area contributed by atoms with Gasteiger partial charge < -0.3 is 14.8 Å². The van der Waals surface area contributed by atoms with Crippen LogP contribution in [-0.4, -0.2) is 57.3 Å². The standard InChI is InChI=1S/C23H24N4O4/c1-2-27-22(30)18-10-9-17(15-19(18)24-23(27)31)21(29)26-12-6-11-25(13-14-26)20(28)16-7-4-3-5-8-16/h3-5,7-10,15H,2,6,11-14H2,1H3,(H,24,31). The molecule has 1 fully saturated rings. The molecule has 3 aromatic rings. The monoisotopic (exact) mass is 420 g/mol. The Morgan fingerprint density at radius 1 is 0.871 bits per heavy atom. The van der Waals surface area contributed by atoms with Crippen LogP contribution in [0.2, 0.25) is 0 Å². The first-order valence-corrected chi connectivity index (χ1v) is 10.4. The van der Waals surface area contributed by atoms with Crippen LogP contribution in [0.25, 0.3) is 10.9 Å². The van der Waals surface area contributed by atoms with Gasteiger partial charge in [0.25, 0.3) is 17.4 Å². The van der Waals surface area contributed by atoms with Gasteiger partial charge >= 0.3 is 5.69 Å². The topological polar surface area (TPSA) is 95.5 Å². The fraction of sp³-hybridized carbons (Fsp3) is 0.304. The molecule has 0 atom stereocenters. The van der Waals surface area contributed by atoms with E-state index in [-0.39, 0.29) is 23.9 Å². The third-order valence-corrected chi connectivity index (χ3v) is 5.64. The molecular formula is C23H24N4O4. The summed E-state index contributed by atoms with van der Waals surface area (Å²) in [5.74, 6) is -0.221. The number of rotatable bonds is 3. The van der Waals surface area contributed by atoms with Gasteiger partial charge in [0.05, 0.1) is 10.9 Å². The van der Waals surface area contributed by atoms with Gasteiger partial charge in [-0.1, -0.05) is 18.2 Å². The second-order valence-corrected chi connectivity index (χ2v) is 7.54. The van der Waals surface area contributed by atoms with Crippen molar-refractivity contribution >= 4 is 22.7 Å². The predicted octanol–water partition coefficient (Wildman–Crippen LogP) is 1.70. The summed E-state index contributed by atoms with van der Waals surface area (Å²) in [7, 11) is 0. The smallest absolute Gasteiger partial charge is 0.328 e. The van der Waals surface area contributed by atoms with E-state index in [4.69, 9.17) is 0 Å². The first-order valence-electron chi connectivity index (χ1n) is 10.4. The maximum absolute atomic E-state index is 13.1. The molecule has 31 heavy (non-hydrogen) atoms. The molecule has 2 aromatic carbocycles. The zero-order chi connectivity index (χ0) is 22.0. The minimum Gasteiger partial charge on any atom is -0.337 e. The second kappa shape index (κ2) is 8.59. The molecule has 1 N–H and O–H groups in total. The van der Waals surface area contributed by atoms with E-state index in [1.54, 1.807) is 47.1 Å². The number of aromatic nitrogens is 2. The predicted molar refractivity (Wildman–Crippen MR) is 117 cm³/mol. The van der Waals surface area contributed by atoms with E-state index in [2.05, 4.69) is 4.98 Å². The summed E-state index contributed by atoms with van der Waals surface area (Å²) >= 11 is 0. The summed E-state index contributed by atoms with van der Waals surface area (Å²) in [6.45, 7) is 3.99. The quantitative estimate of drug-likeness (QED) is 0.698. The Hall–Kier alpha value is -3.68. The van der Waals surface area contributed by atoms with Crippen molar-refractivity contribution in [2.75, 3.05) is 26.2 Å². The summed E-state index contributed by atoms with van der Waals surface area (Å²) in [6, 6.07) is 13.9. The number of nitrogens with zero attached hydrogens (tertiary/aromatic N) is 3. The minimum absolute atomic E-state index is 0.0367. The van der Waals surface area contributed by atoms with Gasteiger partial charge in [-0.2, -0.15) is 0 Å². The van der Waals surface area contributed by atoms with Gasteiger partial charge in [-0.15, -0.1) is 0 Å². The molecule has 0 unspecified atom stereocenters. The number of nitrogens with one attached hydrogen (secondary N) is 1. The van der Waals surface area contributed by atoms with Gasteiger partial charge in [-0.25, -0.2) is 4.79 Å². The third-order valence-electron chi connectivity index (χ3n) is 5.64. The maximum Gasteiger partial charge on any atom is 0.328 e. The molecular weight excluding hydrogens is 396 g/mol. The summed E-state index contributed by atoms with van der Waals surface area (Å²) in [5, 5.41) is 0.369. The van der Waals surface area contributed by atoms with Gasteiger partial charge in [-0.05, 0) is 43.7 Å². The van der Waals surface area contributed by atoms with E-state index >= 15 is 0 Å². The highest BCUT2D eigenvalue weighted by Gasteiger charge is 2.24. The van der Waals surface area contributed by atoms with E-state index in [0.717, 1.165) is 4.57 Å². The Kier molecular flexibility index (Phi) is 5.70. The molecule has 0 bridgehead atoms. The summed E-state index contributed by atoms with van der Waals surface area (Å²) in [5.41, 5.74) is 0.527. The maximum atomic E-state index is 13.1. The van der Waals surface area contributed by atoms with Crippen molar-refractivity contribution in [2.24, 2.45) is 0 Å². The lowest BCUT2D eigenvalue weighted by Gasteiger charge is -2.22. The highest BCUT2D eigenvalue weighted by Crippen LogP contribution is 2.15. The van der Waals surface area contributed by atoms with Gasteiger partial charge in [0.2, 0.25) is 0 Å². The van der Waals surface area contributed by atoms with E-state index in [1.807, 2.05) is 18.2 Å². The van der Waals surface area contributed by atoms with E-state index < -0.39 is 5.69 Å². The van der Waals surface area contributed by atoms with Crippen LogP contribution in [-0.2, 0) is 6.54 Å². The van der Waals surface area contributed by atoms with Crippen molar-refractivity contribution in [3.05, 3.63) is 80.5 Å². The highest BCUT2D eigenvalue weighted by molar-refractivity contribution is 5.98. The van der Waals surface area contributed by atoms with Crippen molar-refractivity contribution in [3.63, 3.8) is 0 Å². The summed E-state index contributed by atoms with van der Waals surface area (Å²) in [6.07, 6.45) is 0.677. The van der Waals surface area contributed by atoms with Crippen LogP contribution in [0.15, 0.2) is 58.1 Å². The Balaban J connectivity index is 1.53. The van der Waals surface area contributed by atoms with Crippen LogP contribution in [0, 0.1) is 0 Å². The molecule has 0 aliphatic carbocycles. The van der Waals surface area contributed by atoms with Crippen LogP contribution in [0.4, 0.5) is 0 Å². The number of amides is 2. The average Bonchev–Trinajstić information content (AvgIpc) is 3.05. The van der Waals surface area contributed by atoms with Gasteiger partial charge in [-0.3, -0.25) is 19.0 Å². The number of benzene rings is 2. The molecule has 1 saturated heterocycles. The van der Waals surface area contributed by atoms with Gasteiger partial charge in [0, 0.05) is 43.9 Å². The largest absolute Gasteiger partial charge is 0.337 e. The Morgan fingerprint density at radius 2 is 1.52 bits per heavy atom. The van der Waals surface area contributed by atoms with Crippen molar-refractivity contribution in [1.29, 1.82) is 0 Å². The molecule has 4 rings (SSSR count). The first kappa shape index (κ1) is 20.6. The molecule has 8 nitrogen and oxygen atoms in total. The Morgan fingerprint density at radius 3 is 2.16 bits per heavy atom. The zero-order valence-corrected chi connectivity index (χ0v) is 17.3. The molecule has 2 amide bonds. The van der Waals surface area contributed by atoms with Gasteiger partial charge in [0.15, 0.2) is 0 Å². The van der Waals surface area contributed by atoms with Crippen LogP contribution in [0.5, 0.6) is 0 Å². The molecule has 8 heteroatoms. The lowest BCUT2D eigenvalue weighted by Crippen LogP contribution is -2.37. The number of H-pyrrole nitrogens is 1. The van der Waals surface area contributed by atoms with Crippen molar-refractivity contribution in [3.8, 4) is 0 Å². The average molecular weight is 420 g/mol. The highest BCUT2D eigenvalue weighted by atomic mass is 16.2. The molecule has 1 aliphatic heterocycles. The lowest BCUT2D eigenvalue weighted by atomic mass is 10.1. The van der Waals surface area contributed by atoms with Crippen LogP contribution >= 0.6 is 0 Å². The molecule has 160 valence electrons. The molecule has 0 radical (unpaired) electrons. The number of aromatic amines is 1. The van der Waals surface area contributed by atoms with Crippen LogP contribution < -0.4 is 11.2 Å². The molecule has 0 saturated carbocycles. The normalized spacial score (nSPS) is 14.5.